The predicted octanol–water partition coefficient (Wildman–Crippen LogP) is 2.77. The summed E-state index contributed by atoms with van der Waals surface area (Å²) in [5, 5.41) is 0. The lowest BCUT2D eigenvalue weighted by Crippen LogP contribution is -2.37. The number of carbonyl (C=O) groups excluding carboxylic acids is 1. The average molecular weight is 237 g/mol. The molecule has 0 spiro atoms. The van der Waals surface area contributed by atoms with Crippen LogP contribution in [0.5, 0.6) is 0 Å². The molecule has 1 aliphatic heterocycles. The van der Waals surface area contributed by atoms with Gasteiger partial charge in [0.25, 0.3) is 0 Å². The van der Waals surface area contributed by atoms with Crippen LogP contribution in [0.15, 0.2) is 24.3 Å². The molecule has 0 radical (unpaired) electrons. The Bertz CT molecular complexity index is 383. The van der Waals surface area contributed by atoms with Crippen molar-refractivity contribution >= 4 is 6.09 Å². The number of ether oxygens (including phenoxy) is 1. The van der Waals surface area contributed by atoms with E-state index in [1.54, 1.807) is 4.90 Å². The van der Waals surface area contributed by atoms with Gasteiger partial charge >= 0.3 is 6.09 Å². The zero-order chi connectivity index (χ0) is 12.3. The molecule has 1 fully saturated rings. The maximum absolute atomic E-state index is 12.8. The third-order valence-electron chi connectivity index (χ3n) is 3.27. The van der Waals surface area contributed by atoms with E-state index in [4.69, 9.17) is 0 Å². The van der Waals surface area contributed by atoms with Crippen LogP contribution in [-0.4, -0.2) is 31.2 Å². The molecule has 0 unspecified atom stereocenters. The topological polar surface area (TPSA) is 29.5 Å². The van der Waals surface area contributed by atoms with E-state index in [9.17, 15) is 9.18 Å². The lowest BCUT2D eigenvalue weighted by atomic mass is 9.90. The Kier molecular flexibility index (Phi) is 3.61. The maximum atomic E-state index is 12.8. The van der Waals surface area contributed by atoms with E-state index in [0.29, 0.717) is 19.0 Å². The fraction of sp³-hybridized carbons (Fsp3) is 0.462. The molecule has 1 amide bonds. The van der Waals surface area contributed by atoms with Crippen LogP contribution in [0.2, 0.25) is 0 Å². The van der Waals surface area contributed by atoms with E-state index < -0.39 is 0 Å². The van der Waals surface area contributed by atoms with E-state index in [0.717, 1.165) is 18.4 Å². The van der Waals surface area contributed by atoms with Crippen LogP contribution in [0, 0.1) is 5.82 Å². The number of nitrogens with zero attached hydrogens (tertiary/aromatic N) is 1. The van der Waals surface area contributed by atoms with Crippen molar-refractivity contribution in [3.8, 4) is 0 Å². The second-order valence-corrected chi connectivity index (χ2v) is 4.28. The van der Waals surface area contributed by atoms with Crippen molar-refractivity contribution in [2.75, 3.05) is 20.2 Å². The molecule has 4 heteroatoms. The van der Waals surface area contributed by atoms with Gasteiger partial charge in [-0.25, -0.2) is 9.18 Å². The lowest BCUT2D eigenvalue weighted by Gasteiger charge is -2.31. The van der Waals surface area contributed by atoms with Gasteiger partial charge in [-0.1, -0.05) is 12.1 Å². The van der Waals surface area contributed by atoms with Gasteiger partial charge < -0.3 is 9.64 Å². The first kappa shape index (κ1) is 11.9. The van der Waals surface area contributed by atoms with Gasteiger partial charge in [0, 0.05) is 13.1 Å². The summed E-state index contributed by atoms with van der Waals surface area (Å²) in [5.74, 6) is 0.206. The van der Waals surface area contributed by atoms with E-state index >= 15 is 0 Å². The number of likely N-dealkylation sites (tertiary alicyclic amines) is 1. The van der Waals surface area contributed by atoms with Crippen LogP contribution in [0.25, 0.3) is 0 Å². The molecule has 0 N–H and O–H groups in total. The normalized spacial score (nSPS) is 16.9. The van der Waals surface area contributed by atoms with Crippen LogP contribution < -0.4 is 0 Å². The van der Waals surface area contributed by atoms with Crippen molar-refractivity contribution in [2.45, 2.75) is 18.8 Å². The van der Waals surface area contributed by atoms with Crippen LogP contribution in [-0.2, 0) is 4.74 Å². The molecule has 0 aliphatic carbocycles. The number of carbonyl (C=O) groups is 1. The molecule has 1 saturated heterocycles. The zero-order valence-electron chi connectivity index (χ0n) is 9.86. The predicted molar refractivity (Wildman–Crippen MR) is 62.4 cm³/mol. The molecule has 92 valence electrons. The molecule has 0 bridgehead atoms. The molecule has 2 rings (SSSR count). The maximum Gasteiger partial charge on any atom is 0.409 e. The van der Waals surface area contributed by atoms with Gasteiger partial charge in [0.05, 0.1) is 7.11 Å². The number of amides is 1. The summed E-state index contributed by atoms with van der Waals surface area (Å²) in [7, 11) is 1.40. The van der Waals surface area contributed by atoms with Crippen LogP contribution in [0.3, 0.4) is 0 Å². The molecule has 0 aromatic heterocycles. The van der Waals surface area contributed by atoms with Crippen molar-refractivity contribution in [3.05, 3.63) is 35.6 Å². The summed E-state index contributed by atoms with van der Waals surface area (Å²) in [4.78, 5) is 13.0. The highest BCUT2D eigenvalue weighted by molar-refractivity contribution is 5.67. The Morgan fingerprint density at radius 3 is 2.41 bits per heavy atom. The third-order valence-corrected chi connectivity index (χ3v) is 3.27. The lowest BCUT2D eigenvalue weighted by molar-refractivity contribution is 0.112. The number of benzene rings is 1. The molecular weight excluding hydrogens is 221 g/mol. The minimum atomic E-state index is -0.262. The van der Waals surface area contributed by atoms with E-state index in [2.05, 4.69) is 4.74 Å². The Labute approximate surface area is 100 Å². The summed E-state index contributed by atoms with van der Waals surface area (Å²) >= 11 is 0. The smallest absolute Gasteiger partial charge is 0.409 e. The van der Waals surface area contributed by atoms with E-state index in [-0.39, 0.29) is 11.9 Å². The van der Waals surface area contributed by atoms with Crippen molar-refractivity contribution in [1.29, 1.82) is 0 Å². The monoisotopic (exact) mass is 237 g/mol. The molecule has 1 aliphatic rings. The molecule has 1 aromatic carbocycles. The summed E-state index contributed by atoms with van der Waals surface area (Å²) < 4.78 is 17.5. The third kappa shape index (κ3) is 2.75. The van der Waals surface area contributed by atoms with Gasteiger partial charge in [0.1, 0.15) is 5.82 Å². The highest BCUT2D eigenvalue weighted by Gasteiger charge is 2.23. The zero-order valence-corrected chi connectivity index (χ0v) is 9.86. The van der Waals surface area contributed by atoms with E-state index in [1.807, 2.05) is 12.1 Å². The first-order valence-corrected chi connectivity index (χ1v) is 5.79. The van der Waals surface area contributed by atoms with Crippen LogP contribution in [0.4, 0.5) is 9.18 Å². The number of hydrogen-bond acceptors (Lipinski definition) is 2. The summed E-state index contributed by atoms with van der Waals surface area (Å²) in [6.07, 6.45) is 1.55. The van der Waals surface area contributed by atoms with Crippen molar-refractivity contribution in [1.82, 2.24) is 4.90 Å². The summed E-state index contributed by atoms with van der Waals surface area (Å²) in [5.41, 5.74) is 1.15. The molecule has 0 saturated carbocycles. The minimum absolute atomic E-state index is 0.208. The number of rotatable bonds is 1. The number of methoxy groups -OCH3 is 1. The van der Waals surface area contributed by atoms with E-state index in [1.165, 1.54) is 19.2 Å². The van der Waals surface area contributed by atoms with Gasteiger partial charge in [-0.3, -0.25) is 0 Å². The molecule has 3 nitrogen and oxygen atoms in total. The highest BCUT2D eigenvalue weighted by atomic mass is 19.1. The second kappa shape index (κ2) is 5.17. The first-order valence-electron chi connectivity index (χ1n) is 5.79. The molecule has 17 heavy (non-hydrogen) atoms. The Morgan fingerprint density at radius 2 is 1.88 bits per heavy atom. The standard InChI is InChI=1S/C13H16FNO2/c1-17-13(16)15-8-6-11(7-9-15)10-2-4-12(14)5-3-10/h2-5,11H,6-9H2,1H3. The van der Waals surface area contributed by atoms with Crippen LogP contribution in [0.1, 0.15) is 24.3 Å². The molecule has 1 aromatic rings. The van der Waals surface area contributed by atoms with Gasteiger partial charge in [-0.05, 0) is 36.5 Å². The fourth-order valence-corrected chi connectivity index (χ4v) is 2.26. The largest absolute Gasteiger partial charge is 0.453 e. The van der Waals surface area contributed by atoms with Gasteiger partial charge in [-0.2, -0.15) is 0 Å². The minimum Gasteiger partial charge on any atom is -0.453 e. The van der Waals surface area contributed by atoms with Crippen LogP contribution >= 0.6 is 0 Å². The fourth-order valence-electron chi connectivity index (χ4n) is 2.26. The molecule has 0 atom stereocenters. The van der Waals surface area contributed by atoms with Gasteiger partial charge in [0.2, 0.25) is 0 Å². The van der Waals surface area contributed by atoms with Crippen molar-refractivity contribution in [3.63, 3.8) is 0 Å². The van der Waals surface area contributed by atoms with Crippen molar-refractivity contribution in [2.24, 2.45) is 0 Å². The average Bonchev–Trinajstić information content (AvgIpc) is 2.39. The number of piperidine rings is 1. The van der Waals surface area contributed by atoms with Gasteiger partial charge in [0.15, 0.2) is 0 Å². The Hall–Kier alpha value is -1.58. The molecule has 1 heterocycles. The SMILES string of the molecule is COC(=O)N1CCC(c2ccc(F)cc2)CC1. The quantitative estimate of drug-likeness (QED) is 0.751. The number of halogens is 1. The Balaban J connectivity index is 1.95. The summed E-state index contributed by atoms with van der Waals surface area (Å²) in [6, 6.07) is 6.63. The highest BCUT2D eigenvalue weighted by Crippen LogP contribution is 2.28. The van der Waals surface area contributed by atoms with Crippen molar-refractivity contribution < 1.29 is 13.9 Å². The summed E-state index contributed by atoms with van der Waals surface area (Å²) in [6.45, 7) is 1.41. The molecular formula is C13H16FNO2. The number of hydrogen-bond donors (Lipinski definition) is 0. The van der Waals surface area contributed by atoms with Gasteiger partial charge in [-0.15, -0.1) is 0 Å². The Morgan fingerprint density at radius 1 is 1.29 bits per heavy atom. The second-order valence-electron chi connectivity index (χ2n) is 4.28. The first-order chi connectivity index (χ1) is 8.20.